The molecule has 0 aromatic carbocycles. The third-order valence-electron chi connectivity index (χ3n) is 2.05. The molecular formula is C10H21NO2S. The number of nitrogens with one attached hydrogen (secondary N) is 1. The lowest BCUT2D eigenvalue weighted by Gasteiger charge is -2.29. The second-order valence-electron chi connectivity index (χ2n) is 3.87. The summed E-state index contributed by atoms with van der Waals surface area (Å²) in [6.45, 7) is 5.95. The van der Waals surface area contributed by atoms with E-state index in [1.807, 2.05) is 27.0 Å². The minimum Gasteiger partial charge on any atom is -0.468 e. The summed E-state index contributed by atoms with van der Waals surface area (Å²) in [4.78, 5) is 11.6. The molecule has 1 atom stereocenters. The fourth-order valence-electron chi connectivity index (χ4n) is 1.40. The summed E-state index contributed by atoms with van der Waals surface area (Å²) in [5.41, 5.74) is -0.550. The predicted octanol–water partition coefficient (Wildman–Crippen LogP) is 1.67. The quantitative estimate of drug-likeness (QED) is 0.690. The monoisotopic (exact) mass is 219 g/mol. The molecule has 3 nitrogen and oxygen atoms in total. The molecule has 0 radical (unpaired) electrons. The van der Waals surface area contributed by atoms with Crippen LogP contribution in [-0.4, -0.2) is 36.7 Å². The summed E-state index contributed by atoms with van der Waals surface area (Å²) in [7, 11) is 1.43. The summed E-state index contributed by atoms with van der Waals surface area (Å²) in [5, 5.41) is 3.25. The Kier molecular flexibility index (Phi) is 6.20. The molecule has 0 aliphatic rings. The first kappa shape index (κ1) is 13.8. The van der Waals surface area contributed by atoms with E-state index >= 15 is 0 Å². The van der Waals surface area contributed by atoms with Crippen molar-refractivity contribution >= 4 is 17.7 Å². The van der Waals surface area contributed by atoms with Crippen LogP contribution in [0, 0.1) is 0 Å². The number of hydrogen-bond donors (Lipinski definition) is 1. The molecule has 84 valence electrons. The van der Waals surface area contributed by atoms with E-state index in [0.717, 1.165) is 12.2 Å². The Balaban J connectivity index is 4.40. The van der Waals surface area contributed by atoms with Crippen LogP contribution in [0.25, 0.3) is 0 Å². The van der Waals surface area contributed by atoms with Gasteiger partial charge in [-0.05, 0) is 39.2 Å². The minimum absolute atomic E-state index is 0.180. The Morgan fingerprint density at radius 2 is 2.14 bits per heavy atom. The van der Waals surface area contributed by atoms with E-state index in [4.69, 9.17) is 4.74 Å². The first-order valence-corrected chi connectivity index (χ1v) is 6.20. The number of thioether (sulfide) groups is 1. The van der Waals surface area contributed by atoms with Gasteiger partial charge < -0.3 is 4.74 Å². The second kappa shape index (κ2) is 6.30. The van der Waals surface area contributed by atoms with Gasteiger partial charge in [-0.3, -0.25) is 10.1 Å². The maximum atomic E-state index is 11.6. The van der Waals surface area contributed by atoms with Gasteiger partial charge in [0.2, 0.25) is 0 Å². The number of hydrogen-bond acceptors (Lipinski definition) is 4. The highest BCUT2D eigenvalue weighted by molar-refractivity contribution is 7.98. The molecule has 0 bridgehead atoms. The molecule has 0 aromatic heterocycles. The molecule has 1 unspecified atom stereocenters. The smallest absolute Gasteiger partial charge is 0.325 e. The van der Waals surface area contributed by atoms with Gasteiger partial charge in [-0.1, -0.05) is 0 Å². The lowest BCUT2D eigenvalue weighted by atomic mass is 9.98. The number of carbonyl (C=O) groups excluding carboxylic acids is 1. The molecule has 0 fully saturated rings. The van der Waals surface area contributed by atoms with Crippen LogP contribution in [0.4, 0.5) is 0 Å². The topological polar surface area (TPSA) is 38.3 Å². The molecule has 14 heavy (non-hydrogen) atoms. The number of carbonyl (C=O) groups is 1. The average molecular weight is 219 g/mol. The summed E-state index contributed by atoms with van der Waals surface area (Å²) in [5.74, 6) is 0.769. The van der Waals surface area contributed by atoms with E-state index in [-0.39, 0.29) is 12.0 Å². The molecule has 0 rings (SSSR count). The van der Waals surface area contributed by atoms with E-state index < -0.39 is 5.54 Å². The van der Waals surface area contributed by atoms with Crippen molar-refractivity contribution in [3.63, 3.8) is 0 Å². The summed E-state index contributed by atoms with van der Waals surface area (Å²) < 4.78 is 4.80. The van der Waals surface area contributed by atoms with E-state index in [1.165, 1.54) is 7.11 Å². The number of rotatable bonds is 6. The standard InChI is InChI=1S/C10H21NO2S/c1-8(2)11-10(3,6-7-14-5)9(12)13-4/h8,11H,6-7H2,1-5H3. The maximum Gasteiger partial charge on any atom is 0.325 e. The molecule has 0 aromatic rings. The Bertz CT molecular complexity index is 185. The van der Waals surface area contributed by atoms with Crippen LogP contribution in [0.2, 0.25) is 0 Å². The molecule has 0 amide bonds. The highest BCUT2D eigenvalue weighted by Crippen LogP contribution is 2.15. The van der Waals surface area contributed by atoms with Gasteiger partial charge in [0.1, 0.15) is 5.54 Å². The van der Waals surface area contributed by atoms with E-state index in [1.54, 1.807) is 11.8 Å². The zero-order valence-corrected chi connectivity index (χ0v) is 10.5. The van der Waals surface area contributed by atoms with E-state index in [0.29, 0.717) is 0 Å². The Labute approximate surface area is 91.0 Å². The zero-order chi connectivity index (χ0) is 11.2. The van der Waals surface area contributed by atoms with Crippen LogP contribution in [0.5, 0.6) is 0 Å². The molecule has 0 heterocycles. The third kappa shape index (κ3) is 4.33. The van der Waals surface area contributed by atoms with Crippen molar-refractivity contribution in [3.8, 4) is 0 Å². The number of esters is 1. The molecule has 0 saturated carbocycles. The van der Waals surface area contributed by atoms with Crippen LogP contribution >= 0.6 is 11.8 Å². The summed E-state index contributed by atoms with van der Waals surface area (Å²) in [6, 6.07) is 0.279. The van der Waals surface area contributed by atoms with Gasteiger partial charge in [0.05, 0.1) is 7.11 Å². The number of methoxy groups -OCH3 is 1. The largest absolute Gasteiger partial charge is 0.468 e. The molecule has 4 heteroatoms. The summed E-state index contributed by atoms with van der Waals surface area (Å²) in [6.07, 6.45) is 2.83. The second-order valence-corrected chi connectivity index (χ2v) is 4.85. The van der Waals surface area contributed by atoms with Crippen molar-refractivity contribution in [2.45, 2.75) is 38.8 Å². The van der Waals surface area contributed by atoms with Gasteiger partial charge in [-0.2, -0.15) is 11.8 Å². The van der Waals surface area contributed by atoms with Gasteiger partial charge in [0.15, 0.2) is 0 Å². The fourth-order valence-corrected chi connectivity index (χ4v) is 2.01. The minimum atomic E-state index is -0.550. The van der Waals surface area contributed by atoms with Gasteiger partial charge in [0.25, 0.3) is 0 Å². The van der Waals surface area contributed by atoms with Crippen LogP contribution in [0.15, 0.2) is 0 Å². The summed E-state index contributed by atoms with van der Waals surface area (Å²) >= 11 is 1.74. The highest BCUT2D eigenvalue weighted by atomic mass is 32.2. The molecule has 0 aliphatic heterocycles. The van der Waals surface area contributed by atoms with Crippen LogP contribution in [0.1, 0.15) is 27.2 Å². The van der Waals surface area contributed by atoms with Crippen molar-refractivity contribution in [1.29, 1.82) is 0 Å². The van der Waals surface area contributed by atoms with E-state index in [2.05, 4.69) is 5.32 Å². The van der Waals surface area contributed by atoms with Gasteiger partial charge in [-0.25, -0.2) is 0 Å². The van der Waals surface area contributed by atoms with Crippen molar-refractivity contribution in [1.82, 2.24) is 5.32 Å². The number of ether oxygens (including phenoxy) is 1. The predicted molar refractivity (Wildman–Crippen MR) is 61.7 cm³/mol. The Morgan fingerprint density at radius 3 is 2.50 bits per heavy atom. The zero-order valence-electron chi connectivity index (χ0n) is 9.72. The van der Waals surface area contributed by atoms with Crippen LogP contribution in [0.3, 0.4) is 0 Å². The lowest BCUT2D eigenvalue weighted by Crippen LogP contribution is -2.53. The van der Waals surface area contributed by atoms with Gasteiger partial charge in [0, 0.05) is 6.04 Å². The third-order valence-corrected chi connectivity index (χ3v) is 2.66. The van der Waals surface area contributed by atoms with Crippen molar-refractivity contribution in [3.05, 3.63) is 0 Å². The van der Waals surface area contributed by atoms with Crippen LogP contribution < -0.4 is 5.32 Å². The SMILES string of the molecule is COC(=O)C(C)(CCSC)NC(C)C. The van der Waals surface area contributed by atoms with Crippen molar-refractivity contribution < 1.29 is 9.53 Å². The molecule has 0 aliphatic carbocycles. The lowest BCUT2D eigenvalue weighted by molar-refractivity contribution is -0.148. The normalized spacial score (nSPS) is 15.3. The van der Waals surface area contributed by atoms with Crippen LogP contribution in [-0.2, 0) is 9.53 Å². The Morgan fingerprint density at radius 1 is 1.57 bits per heavy atom. The molecule has 0 saturated heterocycles. The highest BCUT2D eigenvalue weighted by Gasteiger charge is 2.33. The van der Waals surface area contributed by atoms with Gasteiger partial charge >= 0.3 is 5.97 Å². The first-order chi connectivity index (χ1) is 6.46. The first-order valence-electron chi connectivity index (χ1n) is 4.81. The maximum absolute atomic E-state index is 11.6. The molecule has 0 spiro atoms. The van der Waals surface area contributed by atoms with E-state index in [9.17, 15) is 4.79 Å². The van der Waals surface area contributed by atoms with Gasteiger partial charge in [-0.15, -0.1) is 0 Å². The van der Waals surface area contributed by atoms with Crippen molar-refractivity contribution in [2.75, 3.05) is 19.1 Å². The molecular weight excluding hydrogens is 198 g/mol. The van der Waals surface area contributed by atoms with Crippen molar-refractivity contribution in [2.24, 2.45) is 0 Å². The average Bonchev–Trinajstić information content (AvgIpc) is 2.12. The molecule has 1 N–H and O–H groups in total. The fraction of sp³-hybridized carbons (Fsp3) is 0.900. The Hall–Kier alpha value is -0.220.